The van der Waals surface area contributed by atoms with E-state index in [2.05, 4.69) is 28.9 Å². The van der Waals surface area contributed by atoms with E-state index >= 15 is 0 Å². The lowest BCUT2D eigenvalue weighted by Crippen LogP contribution is -2.38. The SMILES string of the molecule is CC(N)c1noc(C2CCCCN2C(C)C)n1. The van der Waals surface area contributed by atoms with Gasteiger partial charge in [-0.1, -0.05) is 11.6 Å². The Morgan fingerprint density at radius 3 is 2.71 bits per heavy atom. The topological polar surface area (TPSA) is 68.2 Å². The van der Waals surface area contributed by atoms with Crippen LogP contribution in [0.25, 0.3) is 0 Å². The van der Waals surface area contributed by atoms with Gasteiger partial charge in [-0.15, -0.1) is 0 Å². The first kappa shape index (κ1) is 12.5. The predicted molar refractivity (Wildman–Crippen MR) is 65.3 cm³/mol. The third kappa shape index (κ3) is 2.66. The molecule has 0 spiro atoms. The van der Waals surface area contributed by atoms with E-state index in [0.717, 1.165) is 18.9 Å². The molecule has 0 aromatic carbocycles. The first-order chi connectivity index (χ1) is 8.09. The number of hydrogen-bond donors (Lipinski definition) is 1. The third-order valence-electron chi connectivity index (χ3n) is 3.36. The van der Waals surface area contributed by atoms with Crippen molar-refractivity contribution in [3.05, 3.63) is 11.7 Å². The average molecular weight is 238 g/mol. The number of nitrogens with zero attached hydrogens (tertiary/aromatic N) is 3. The second-order valence-corrected chi connectivity index (χ2v) is 5.12. The zero-order valence-electron chi connectivity index (χ0n) is 10.9. The van der Waals surface area contributed by atoms with Gasteiger partial charge in [-0.05, 0) is 40.2 Å². The molecule has 5 nitrogen and oxygen atoms in total. The van der Waals surface area contributed by atoms with Gasteiger partial charge in [0.1, 0.15) is 0 Å². The second-order valence-electron chi connectivity index (χ2n) is 5.12. The maximum atomic E-state index is 5.75. The number of nitrogens with two attached hydrogens (primary N) is 1. The summed E-state index contributed by atoms with van der Waals surface area (Å²) < 4.78 is 5.36. The van der Waals surface area contributed by atoms with Crippen molar-refractivity contribution in [2.24, 2.45) is 5.73 Å². The molecule has 1 saturated heterocycles. The molecule has 17 heavy (non-hydrogen) atoms. The monoisotopic (exact) mass is 238 g/mol. The molecular formula is C12H22N4O. The van der Waals surface area contributed by atoms with Gasteiger partial charge in [-0.3, -0.25) is 4.90 Å². The molecule has 1 fully saturated rings. The molecular weight excluding hydrogens is 216 g/mol. The van der Waals surface area contributed by atoms with Crippen LogP contribution in [0.4, 0.5) is 0 Å². The summed E-state index contributed by atoms with van der Waals surface area (Å²) in [6.07, 6.45) is 3.57. The zero-order valence-corrected chi connectivity index (χ0v) is 10.9. The Morgan fingerprint density at radius 1 is 1.35 bits per heavy atom. The first-order valence-corrected chi connectivity index (χ1v) is 6.44. The van der Waals surface area contributed by atoms with Crippen LogP contribution in [0.2, 0.25) is 0 Å². The van der Waals surface area contributed by atoms with Crippen molar-refractivity contribution in [3.63, 3.8) is 0 Å². The van der Waals surface area contributed by atoms with Crippen molar-refractivity contribution in [1.29, 1.82) is 0 Å². The summed E-state index contributed by atoms with van der Waals surface area (Å²) in [4.78, 5) is 6.85. The largest absolute Gasteiger partial charge is 0.338 e. The highest BCUT2D eigenvalue weighted by molar-refractivity contribution is 4.98. The lowest BCUT2D eigenvalue weighted by Gasteiger charge is -2.36. The van der Waals surface area contributed by atoms with E-state index in [1.807, 2.05) is 6.92 Å². The van der Waals surface area contributed by atoms with Crippen molar-refractivity contribution >= 4 is 0 Å². The van der Waals surface area contributed by atoms with Crippen LogP contribution in [0.15, 0.2) is 4.52 Å². The fourth-order valence-electron chi connectivity index (χ4n) is 2.40. The normalized spacial score (nSPS) is 24.2. The standard InChI is InChI=1S/C12H22N4O/c1-8(2)16-7-5-4-6-10(16)12-14-11(9(3)13)15-17-12/h8-10H,4-7,13H2,1-3H3. The van der Waals surface area contributed by atoms with Gasteiger partial charge in [-0.25, -0.2) is 0 Å². The van der Waals surface area contributed by atoms with E-state index < -0.39 is 0 Å². The Balaban J connectivity index is 2.17. The van der Waals surface area contributed by atoms with Crippen molar-refractivity contribution < 1.29 is 4.52 Å². The smallest absolute Gasteiger partial charge is 0.244 e. The van der Waals surface area contributed by atoms with Crippen LogP contribution in [0.3, 0.4) is 0 Å². The van der Waals surface area contributed by atoms with Gasteiger partial charge in [-0.2, -0.15) is 4.98 Å². The van der Waals surface area contributed by atoms with Crippen molar-refractivity contribution in [3.8, 4) is 0 Å². The van der Waals surface area contributed by atoms with Crippen LogP contribution < -0.4 is 5.73 Å². The molecule has 1 aromatic rings. The fraction of sp³-hybridized carbons (Fsp3) is 0.833. The molecule has 1 aliphatic heterocycles. The number of piperidine rings is 1. The van der Waals surface area contributed by atoms with Crippen molar-refractivity contribution in [1.82, 2.24) is 15.0 Å². The van der Waals surface area contributed by atoms with Crippen LogP contribution in [0.5, 0.6) is 0 Å². The zero-order chi connectivity index (χ0) is 12.4. The lowest BCUT2D eigenvalue weighted by atomic mass is 10.0. The molecule has 2 heterocycles. The molecule has 1 aromatic heterocycles. The van der Waals surface area contributed by atoms with Crippen molar-refractivity contribution in [2.75, 3.05) is 6.54 Å². The summed E-state index contributed by atoms with van der Waals surface area (Å²) in [7, 11) is 0. The summed E-state index contributed by atoms with van der Waals surface area (Å²) in [5.74, 6) is 1.33. The number of aromatic nitrogens is 2. The quantitative estimate of drug-likeness (QED) is 0.872. The van der Waals surface area contributed by atoms with Gasteiger partial charge in [0, 0.05) is 6.04 Å². The molecule has 2 unspecified atom stereocenters. The first-order valence-electron chi connectivity index (χ1n) is 6.44. The number of rotatable bonds is 3. The summed E-state index contributed by atoms with van der Waals surface area (Å²) in [6, 6.07) is 0.610. The van der Waals surface area contributed by atoms with E-state index in [1.54, 1.807) is 0 Å². The molecule has 2 rings (SSSR count). The van der Waals surface area contributed by atoms with Crippen LogP contribution in [-0.4, -0.2) is 27.6 Å². The fourth-order valence-corrected chi connectivity index (χ4v) is 2.40. The Labute approximate surface area is 102 Å². The minimum atomic E-state index is -0.163. The third-order valence-corrected chi connectivity index (χ3v) is 3.36. The van der Waals surface area contributed by atoms with E-state index in [9.17, 15) is 0 Å². The maximum absolute atomic E-state index is 5.75. The molecule has 2 atom stereocenters. The Bertz CT molecular complexity index is 361. The predicted octanol–water partition coefficient (Wildman–Crippen LogP) is 2.02. The average Bonchev–Trinajstić information content (AvgIpc) is 2.78. The maximum Gasteiger partial charge on any atom is 0.244 e. The highest BCUT2D eigenvalue weighted by Gasteiger charge is 2.30. The van der Waals surface area contributed by atoms with Gasteiger partial charge >= 0.3 is 0 Å². The molecule has 0 radical (unpaired) electrons. The Kier molecular flexibility index (Phi) is 3.79. The molecule has 2 N–H and O–H groups in total. The lowest BCUT2D eigenvalue weighted by molar-refractivity contribution is 0.0875. The van der Waals surface area contributed by atoms with Crippen LogP contribution >= 0.6 is 0 Å². The van der Waals surface area contributed by atoms with E-state index in [-0.39, 0.29) is 12.1 Å². The molecule has 0 saturated carbocycles. The summed E-state index contributed by atoms with van der Waals surface area (Å²) in [6.45, 7) is 7.40. The van der Waals surface area contributed by atoms with Gasteiger partial charge < -0.3 is 10.3 Å². The van der Waals surface area contributed by atoms with Gasteiger partial charge in [0.25, 0.3) is 0 Å². The minimum Gasteiger partial charge on any atom is -0.338 e. The highest BCUT2D eigenvalue weighted by atomic mass is 16.5. The number of hydrogen-bond acceptors (Lipinski definition) is 5. The number of likely N-dealkylation sites (tertiary alicyclic amines) is 1. The van der Waals surface area contributed by atoms with Crippen molar-refractivity contribution in [2.45, 2.75) is 58.2 Å². The van der Waals surface area contributed by atoms with E-state index in [4.69, 9.17) is 10.3 Å². The van der Waals surface area contributed by atoms with Crippen LogP contribution in [0.1, 0.15) is 63.8 Å². The Hall–Kier alpha value is -0.940. The molecule has 5 heteroatoms. The molecule has 0 aliphatic carbocycles. The minimum absolute atomic E-state index is 0.163. The van der Waals surface area contributed by atoms with Gasteiger partial charge in [0.05, 0.1) is 12.1 Å². The molecule has 0 bridgehead atoms. The summed E-state index contributed by atoms with van der Waals surface area (Å²) in [5.41, 5.74) is 5.75. The molecule has 1 aliphatic rings. The molecule has 96 valence electrons. The van der Waals surface area contributed by atoms with Gasteiger partial charge in [0.15, 0.2) is 5.82 Å². The Morgan fingerprint density at radius 2 is 2.12 bits per heavy atom. The highest BCUT2D eigenvalue weighted by Crippen LogP contribution is 2.31. The van der Waals surface area contributed by atoms with E-state index in [0.29, 0.717) is 11.9 Å². The van der Waals surface area contributed by atoms with Crippen LogP contribution in [-0.2, 0) is 0 Å². The van der Waals surface area contributed by atoms with Crippen LogP contribution in [0, 0.1) is 0 Å². The second kappa shape index (κ2) is 5.14. The summed E-state index contributed by atoms with van der Waals surface area (Å²) in [5, 5.41) is 3.95. The van der Waals surface area contributed by atoms with Gasteiger partial charge in [0.2, 0.25) is 5.89 Å². The van der Waals surface area contributed by atoms with E-state index in [1.165, 1.54) is 12.8 Å². The summed E-state index contributed by atoms with van der Waals surface area (Å²) >= 11 is 0. The molecule has 0 amide bonds.